The second-order valence-corrected chi connectivity index (χ2v) is 5.95. The van der Waals surface area contributed by atoms with E-state index in [4.69, 9.17) is 27.9 Å². The molecule has 0 aliphatic heterocycles. The largest absolute Gasteiger partial charge is 0.485 e. The third-order valence-electron chi connectivity index (χ3n) is 2.66. The van der Waals surface area contributed by atoms with Gasteiger partial charge in [0.1, 0.15) is 23.1 Å². The summed E-state index contributed by atoms with van der Waals surface area (Å²) in [4.78, 5) is 12.3. The highest BCUT2D eigenvalue weighted by Crippen LogP contribution is 2.32. The fourth-order valence-corrected chi connectivity index (χ4v) is 2.71. The fourth-order valence-electron chi connectivity index (χ4n) is 1.63. The maximum Gasteiger partial charge on any atom is 0.296 e. The first-order valence-electron chi connectivity index (χ1n) is 5.85. The smallest absolute Gasteiger partial charge is 0.296 e. The number of hydrogen-bond donors (Lipinski definition) is 0. The van der Waals surface area contributed by atoms with Gasteiger partial charge in [-0.05, 0) is 19.1 Å². The molecule has 108 valence electrons. The van der Waals surface area contributed by atoms with Crippen LogP contribution in [0.5, 0.6) is 5.75 Å². The lowest BCUT2D eigenvalue weighted by atomic mass is 10.3. The summed E-state index contributed by atoms with van der Waals surface area (Å²) in [5.74, 6) is 0.457. The van der Waals surface area contributed by atoms with Gasteiger partial charge >= 0.3 is 0 Å². The highest BCUT2D eigenvalue weighted by molar-refractivity contribution is 7.16. The Bertz CT molecular complexity index is 877. The van der Waals surface area contributed by atoms with Crippen molar-refractivity contribution in [3.8, 4) is 5.75 Å². The summed E-state index contributed by atoms with van der Waals surface area (Å²) in [7, 11) is 0. The maximum atomic E-state index is 11.8. The molecule has 3 rings (SSSR count). The second-order valence-electron chi connectivity index (χ2n) is 4.12. The van der Waals surface area contributed by atoms with Gasteiger partial charge in [0, 0.05) is 0 Å². The third kappa shape index (κ3) is 2.72. The average Bonchev–Trinajstić information content (AvgIpc) is 2.88. The van der Waals surface area contributed by atoms with Crippen LogP contribution < -0.4 is 10.3 Å². The lowest BCUT2D eigenvalue weighted by Gasteiger charge is -2.06. The number of benzene rings is 1. The van der Waals surface area contributed by atoms with Crippen molar-refractivity contribution >= 4 is 39.5 Å². The Morgan fingerprint density at radius 2 is 2.14 bits per heavy atom. The fraction of sp³-hybridized carbons (Fsp3) is 0.167. The maximum absolute atomic E-state index is 11.8. The third-order valence-corrected chi connectivity index (χ3v) is 4.33. The molecule has 0 aliphatic carbocycles. The molecule has 9 heteroatoms. The summed E-state index contributed by atoms with van der Waals surface area (Å²) < 4.78 is 6.78. The number of nitrogens with zero attached hydrogens (tertiary/aromatic N) is 4. The van der Waals surface area contributed by atoms with Gasteiger partial charge in [0.25, 0.3) is 5.56 Å². The Balaban J connectivity index is 1.87. The monoisotopic (exact) mass is 342 g/mol. The van der Waals surface area contributed by atoms with E-state index in [0.717, 1.165) is 0 Å². The van der Waals surface area contributed by atoms with Crippen LogP contribution in [0.2, 0.25) is 10.0 Å². The minimum Gasteiger partial charge on any atom is -0.485 e. The second kappa shape index (κ2) is 5.59. The molecule has 0 saturated carbocycles. The Labute approximate surface area is 132 Å². The summed E-state index contributed by atoms with van der Waals surface area (Å²) in [5.41, 5.74) is 0.00596. The van der Waals surface area contributed by atoms with Gasteiger partial charge in [0.15, 0.2) is 5.01 Å². The molecule has 0 atom stereocenters. The molecule has 3 aromatic rings. The van der Waals surface area contributed by atoms with Crippen LogP contribution in [0, 0.1) is 6.92 Å². The van der Waals surface area contributed by atoms with Gasteiger partial charge in [-0.25, -0.2) is 0 Å². The minimum atomic E-state index is -0.289. The summed E-state index contributed by atoms with van der Waals surface area (Å²) in [6, 6.07) is 5.12. The van der Waals surface area contributed by atoms with Crippen LogP contribution in [0.15, 0.2) is 23.0 Å². The van der Waals surface area contributed by atoms with E-state index in [-0.39, 0.29) is 12.2 Å². The number of rotatable bonds is 3. The predicted molar refractivity (Wildman–Crippen MR) is 80.5 cm³/mol. The topological polar surface area (TPSA) is 69.4 Å². The van der Waals surface area contributed by atoms with Crippen molar-refractivity contribution in [2.24, 2.45) is 0 Å². The first-order chi connectivity index (χ1) is 10.1. The van der Waals surface area contributed by atoms with Crippen LogP contribution in [0.1, 0.15) is 10.7 Å². The van der Waals surface area contributed by atoms with Crippen LogP contribution in [-0.2, 0) is 6.61 Å². The van der Waals surface area contributed by atoms with E-state index >= 15 is 0 Å². The van der Waals surface area contributed by atoms with Crippen molar-refractivity contribution in [3.05, 3.63) is 49.3 Å². The van der Waals surface area contributed by atoms with Gasteiger partial charge in [-0.15, -0.1) is 10.2 Å². The quantitative estimate of drug-likeness (QED) is 0.731. The van der Waals surface area contributed by atoms with E-state index in [1.807, 2.05) is 0 Å². The SMILES string of the molecule is Cc1nnc2sc(COc3cccc(Cl)c3Cl)nn2c1=O. The summed E-state index contributed by atoms with van der Waals surface area (Å²) in [6.45, 7) is 1.75. The summed E-state index contributed by atoms with van der Waals surface area (Å²) in [6.07, 6.45) is 0. The molecule has 0 fully saturated rings. The van der Waals surface area contributed by atoms with Crippen molar-refractivity contribution in [2.75, 3.05) is 0 Å². The van der Waals surface area contributed by atoms with Crippen molar-refractivity contribution in [3.63, 3.8) is 0 Å². The molecule has 0 amide bonds. The van der Waals surface area contributed by atoms with Gasteiger partial charge < -0.3 is 4.74 Å². The number of aryl methyl sites for hydroxylation is 1. The van der Waals surface area contributed by atoms with Gasteiger partial charge in [-0.2, -0.15) is 9.61 Å². The Morgan fingerprint density at radius 1 is 1.33 bits per heavy atom. The number of fused-ring (bicyclic) bond motifs is 1. The number of ether oxygens (including phenoxy) is 1. The molecule has 0 spiro atoms. The lowest BCUT2D eigenvalue weighted by Crippen LogP contribution is -2.19. The van der Waals surface area contributed by atoms with Crippen molar-refractivity contribution in [2.45, 2.75) is 13.5 Å². The Hall–Kier alpha value is -1.70. The molecule has 2 aromatic heterocycles. The zero-order valence-electron chi connectivity index (χ0n) is 10.7. The number of halogens is 2. The molecule has 0 unspecified atom stereocenters. The lowest BCUT2D eigenvalue weighted by molar-refractivity contribution is 0.304. The standard InChI is InChI=1S/C12H8Cl2N4O2S/c1-6-11(19)18-12(16-15-6)21-9(17-18)5-20-8-4-2-3-7(13)10(8)14/h2-4H,5H2,1H3. The molecular weight excluding hydrogens is 335 g/mol. The van der Waals surface area contributed by atoms with E-state index < -0.39 is 0 Å². The van der Waals surface area contributed by atoms with Gasteiger partial charge in [-0.1, -0.05) is 40.6 Å². The molecule has 0 N–H and O–H groups in total. The predicted octanol–water partition coefficient (Wildman–Crippen LogP) is 2.74. The molecule has 0 saturated heterocycles. The molecule has 6 nitrogen and oxygen atoms in total. The normalized spacial score (nSPS) is 11.0. The van der Waals surface area contributed by atoms with Crippen molar-refractivity contribution in [1.82, 2.24) is 19.8 Å². The highest BCUT2D eigenvalue weighted by Gasteiger charge is 2.11. The van der Waals surface area contributed by atoms with Crippen LogP contribution in [-0.4, -0.2) is 19.8 Å². The van der Waals surface area contributed by atoms with Crippen LogP contribution >= 0.6 is 34.5 Å². The van der Waals surface area contributed by atoms with E-state index in [0.29, 0.717) is 31.5 Å². The van der Waals surface area contributed by atoms with Crippen LogP contribution in [0.25, 0.3) is 4.96 Å². The summed E-state index contributed by atoms with van der Waals surface area (Å²) >= 11 is 13.2. The highest BCUT2D eigenvalue weighted by atomic mass is 35.5. The zero-order chi connectivity index (χ0) is 15.0. The van der Waals surface area contributed by atoms with Gasteiger partial charge in [-0.3, -0.25) is 4.79 Å². The average molecular weight is 343 g/mol. The molecule has 0 bridgehead atoms. The molecular formula is C12H8Cl2N4O2S. The molecule has 0 aliphatic rings. The van der Waals surface area contributed by atoms with Crippen molar-refractivity contribution < 1.29 is 4.74 Å². The van der Waals surface area contributed by atoms with E-state index in [9.17, 15) is 4.79 Å². The van der Waals surface area contributed by atoms with Gasteiger partial charge in [0.2, 0.25) is 4.96 Å². The zero-order valence-corrected chi connectivity index (χ0v) is 13.0. The summed E-state index contributed by atoms with van der Waals surface area (Å²) in [5, 5.41) is 13.2. The number of hydrogen-bond acceptors (Lipinski definition) is 6. The van der Waals surface area contributed by atoms with E-state index in [2.05, 4.69) is 15.3 Å². The molecule has 2 heterocycles. The minimum absolute atomic E-state index is 0.159. The first-order valence-corrected chi connectivity index (χ1v) is 7.42. The first kappa shape index (κ1) is 14.2. The molecule has 21 heavy (non-hydrogen) atoms. The van der Waals surface area contributed by atoms with E-state index in [1.165, 1.54) is 15.9 Å². The molecule has 0 radical (unpaired) electrons. The van der Waals surface area contributed by atoms with Crippen molar-refractivity contribution in [1.29, 1.82) is 0 Å². The van der Waals surface area contributed by atoms with Crippen LogP contribution in [0.3, 0.4) is 0 Å². The Kier molecular flexibility index (Phi) is 3.79. The molecule has 1 aromatic carbocycles. The van der Waals surface area contributed by atoms with E-state index in [1.54, 1.807) is 25.1 Å². The van der Waals surface area contributed by atoms with Crippen LogP contribution in [0.4, 0.5) is 0 Å². The number of aromatic nitrogens is 4. The Morgan fingerprint density at radius 3 is 2.95 bits per heavy atom. The van der Waals surface area contributed by atoms with Gasteiger partial charge in [0.05, 0.1) is 5.02 Å².